The van der Waals surface area contributed by atoms with Crippen molar-refractivity contribution in [3.63, 3.8) is 0 Å². The van der Waals surface area contributed by atoms with E-state index >= 15 is 0 Å². The highest BCUT2D eigenvalue weighted by Gasteiger charge is 2.30. The molecule has 0 atom stereocenters. The van der Waals surface area contributed by atoms with Crippen LogP contribution in [-0.2, 0) is 0 Å². The fourth-order valence-electron chi connectivity index (χ4n) is 3.00. The van der Waals surface area contributed by atoms with E-state index in [1.165, 1.54) is 58.4 Å². The molecule has 1 rings (SSSR count). The molecule has 0 radical (unpaired) electrons. The molecule has 1 saturated heterocycles. The van der Waals surface area contributed by atoms with Crippen molar-refractivity contribution in [2.75, 3.05) is 45.1 Å². The fourth-order valence-corrected chi connectivity index (χ4v) is 3.74. The van der Waals surface area contributed by atoms with E-state index in [1.54, 1.807) is 0 Å². The Morgan fingerprint density at radius 3 is 1.94 bits per heavy atom. The fraction of sp³-hybridized carbons (Fsp3) is 1.00. The normalized spacial score (nSPS) is 19.8. The summed E-state index contributed by atoms with van der Waals surface area (Å²) in [5.74, 6) is 0. The third-order valence-electron chi connectivity index (χ3n) is 4.00. The Labute approximate surface area is 116 Å². The van der Waals surface area contributed by atoms with Crippen LogP contribution in [0.4, 0.5) is 0 Å². The quantitative estimate of drug-likeness (QED) is 0.666. The first-order valence-corrected chi connectivity index (χ1v) is 8.25. The predicted molar refractivity (Wildman–Crippen MR) is 80.0 cm³/mol. The predicted octanol–water partition coefficient (Wildman–Crippen LogP) is 3.22. The Morgan fingerprint density at radius 2 is 1.53 bits per heavy atom. The van der Waals surface area contributed by atoms with Gasteiger partial charge < -0.3 is 9.80 Å². The van der Waals surface area contributed by atoms with Crippen molar-refractivity contribution >= 4 is 15.9 Å². The number of piperazine rings is 1. The van der Waals surface area contributed by atoms with Gasteiger partial charge in [0.05, 0.1) is 0 Å². The highest BCUT2D eigenvalue weighted by atomic mass is 79.9. The van der Waals surface area contributed by atoms with Crippen LogP contribution < -0.4 is 0 Å². The number of hydrogen-bond acceptors (Lipinski definition) is 2. The molecule has 0 N–H and O–H groups in total. The molecule has 3 heteroatoms. The van der Waals surface area contributed by atoms with E-state index in [9.17, 15) is 0 Å². The van der Waals surface area contributed by atoms with Crippen LogP contribution in [0, 0.1) is 5.41 Å². The topological polar surface area (TPSA) is 6.48 Å². The summed E-state index contributed by atoms with van der Waals surface area (Å²) in [6.07, 6.45) is 5.33. The number of nitrogens with zero attached hydrogens (tertiary/aromatic N) is 2. The summed E-state index contributed by atoms with van der Waals surface area (Å²) in [5, 5.41) is 1.16. The lowest BCUT2D eigenvalue weighted by atomic mass is 9.80. The molecule has 1 heterocycles. The van der Waals surface area contributed by atoms with Crippen LogP contribution in [0.25, 0.3) is 0 Å². The molecule has 0 aromatic carbocycles. The van der Waals surface area contributed by atoms with E-state index in [0.717, 1.165) is 5.33 Å². The van der Waals surface area contributed by atoms with Crippen molar-refractivity contribution in [1.29, 1.82) is 0 Å². The average Bonchev–Trinajstić information content (AvgIpc) is 2.33. The summed E-state index contributed by atoms with van der Waals surface area (Å²) in [6.45, 7) is 10.9. The molecule has 1 fully saturated rings. The van der Waals surface area contributed by atoms with Gasteiger partial charge in [0.1, 0.15) is 0 Å². The number of hydrogen-bond donors (Lipinski definition) is 0. The minimum atomic E-state index is 0.513. The zero-order valence-electron chi connectivity index (χ0n) is 11.8. The molecule has 1 aliphatic heterocycles. The summed E-state index contributed by atoms with van der Waals surface area (Å²) in [4.78, 5) is 5.11. The Morgan fingerprint density at radius 1 is 1.00 bits per heavy atom. The minimum Gasteiger partial charge on any atom is -0.304 e. The molecule has 0 spiro atoms. The molecule has 0 aromatic rings. The zero-order valence-corrected chi connectivity index (χ0v) is 13.4. The molecule has 17 heavy (non-hydrogen) atoms. The molecule has 0 amide bonds. The summed E-state index contributed by atoms with van der Waals surface area (Å²) in [7, 11) is 2.23. The van der Waals surface area contributed by atoms with Crippen molar-refractivity contribution in [1.82, 2.24) is 9.80 Å². The van der Waals surface area contributed by atoms with Crippen LogP contribution in [0.1, 0.15) is 39.5 Å². The van der Waals surface area contributed by atoms with Gasteiger partial charge in [-0.3, -0.25) is 0 Å². The first kappa shape index (κ1) is 15.5. The monoisotopic (exact) mass is 304 g/mol. The van der Waals surface area contributed by atoms with Crippen LogP contribution in [0.15, 0.2) is 0 Å². The van der Waals surface area contributed by atoms with E-state index in [2.05, 4.69) is 46.6 Å². The molecule has 1 aliphatic rings. The smallest absolute Gasteiger partial charge is 0.0110 e. The second-order valence-corrected chi connectivity index (χ2v) is 6.27. The Hall–Kier alpha value is 0.400. The van der Waals surface area contributed by atoms with Crippen molar-refractivity contribution in [3.05, 3.63) is 0 Å². The maximum absolute atomic E-state index is 3.78. The first-order valence-electron chi connectivity index (χ1n) is 7.12. The lowest BCUT2D eigenvalue weighted by Gasteiger charge is -2.40. The Bertz CT molecular complexity index is 194. The van der Waals surface area contributed by atoms with Gasteiger partial charge in [0, 0.05) is 38.1 Å². The number of rotatable bonds is 7. The van der Waals surface area contributed by atoms with Crippen LogP contribution in [-0.4, -0.2) is 54.9 Å². The Balaban J connectivity index is 2.52. The molecule has 0 aliphatic carbocycles. The molecule has 102 valence electrons. The van der Waals surface area contributed by atoms with Gasteiger partial charge >= 0.3 is 0 Å². The van der Waals surface area contributed by atoms with E-state index in [-0.39, 0.29) is 0 Å². The van der Waals surface area contributed by atoms with Crippen LogP contribution in [0.5, 0.6) is 0 Å². The maximum atomic E-state index is 3.78. The van der Waals surface area contributed by atoms with Crippen molar-refractivity contribution in [2.45, 2.75) is 39.5 Å². The average molecular weight is 305 g/mol. The molecular formula is C14H29BrN2. The zero-order chi connectivity index (χ0) is 12.7. The van der Waals surface area contributed by atoms with Crippen LogP contribution in [0.2, 0.25) is 0 Å². The third-order valence-corrected chi connectivity index (χ3v) is 5.19. The molecule has 2 nitrogen and oxygen atoms in total. The summed E-state index contributed by atoms with van der Waals surface area (Å²) in [5.41, 5.74) is 0.513. The van der Waals surface area contributed by atoms with Gasteiger partial charge in [-0.05, 0) is 25.3 Å². The number of likely N-dealkylation sites (N-methyl/N-ethyl adjacent to an activating group) is 1. The van der Waals surface area contributed by atoms with Crippen LogP contribution in [0.3, 0.4) is 0 Å². The van der Waals surface area contributed by atoms with E-state index in [1.807, 2.05) is 0 Å². The van der Waals surface area contributed by atoms with Gasteiger partial charge in [-0.25, -0.2) is 0 Å². The van der Waals surface area contributed by atoms with E-state index < -0.39 is 0 Å². The standard InChI is InChI=1S/C14H29BrN2/c1-4-6-14(12-15,7-5-2)13-17-10-8-16(3)9-11-17/h4-13H2,1-3H3. The molecule has 0 unspecified atom stereocenters. The van der Waals surface area contributed by atoms with E-state index in [0.29, 0.717) is 5.41 Å². The summed E-state index contributed by atoms with van der Waals surface area (Å²) >= 11 is 3.78. The number of alkyl halides is 1. The minimum absolute atomic E-state index is 0.513. The molecular weight excluding hydrogens is 276 g/mol. The largest absolute Gasteiger partial charge is 0.304 e. The lowest BCUT2D eigenvalue weighted by molar-refractivity contribution is 0.0956. The van der Waals surface area contributed by atoms with Gasteiger partial charge in [0.2, 0.25) is 0 Å². The second-order valence-electron chi connectivity index (χ2n) is 5.71. The van der Waals surface area contributed by atoms with Gasteiger partial charge in [0.25, 0.3) is 0 Å². The highest BCUT2D eigenvalue weighted by molar-refractivity contribution is 9.09. The van der Waals surface area contributed by atoms with Gasteiger partial charge in [0.15, 0.2) is 0 Å². The van der Waals surface area contributed by atoms with Crippen molar-refractivity contribution < 1.29 is 0 Å². The Kier molecular flexibility index (Phi) is 7.05. The van der Waals surface area contributed by atoms with Gasteiger partial charge in [-0.1, -0.05) is 42.6 Å². The van der Waals surface area contributed by atoms with Gasteiger partial charge in [-0.15, -0.1) is 0 Å². The van der Waals surface area contributed by atoms with E-state index in [4.69, 9.17) is 0 Å². The molecule has 0 saturated carbocycles. The second kappa shape index (κ2) is 7.75. The highest BCUT2D eigenvalue weighted by Crippen LogP contribution is 2.33. The lowest BCUT2D eigenvalue weighted by Crippen LogP contribution is -2.49. The van der Waals surface area contributed by atoms with Crippen molar-refractivity contribution in [3.8, 4) is 0 Å². The molecule has 0 bridgehead atoms. The number of halogens is 1. The SMILES string of the molecule is CCCC(CBr)(CCC)CN1CCN(C)CC1. The third kappa shape index (κ3) is 4.88. The summed E-state index contributed by atoms with van der Waals surface area (Å²) in [6, 6.07) is 0. The maximum Gasteiger partial charge on any atom is 0.0110 e. The molecule has 0 aromatic heterocycles. The summed E-state index contributed by atoms with van der Waals surface area (Å²) < 4.78 is 0. The van der Waals surface area contributed by atoms with Crippen molar-refractivity contribution in [2.24, 2.45) is 5.41 Å². The first-order chi connectivity index (χ1) is 8.15. The van der Waals surface area contributed by atoms with Gasteiger partial charge in [-0.2, -0.15) is 0 Å². The van der Waals surface area contributed by atoms with Crippen LogP contribution >= 0.6 is 15.9 Å².